The third-order valence-corrected chi connectivity index (χ3v) is 6.70. The van der Waals surface area contributed by atoms with Crippen LogP contribution in [0.15, 0.2) is 22.6 Å². The first kappa shape index (κ1) is 21.2. The summed E-state index contributed by atoms with van der Waals surface area (Å²) >= 11 is 0. The molecule has 1 unspecified atom stereocenters. The Morgan fingerprint density at radius 3 is 2.70 bits per heavy atom. The lowest BCUT2D eigenvalue weighted by molar-refractivity contribution is -0.136. The van der Waals surface area contributed by atoms with E-state index in [1.165, 1.54) is 6.07 Å². The van der Waals surface area contributed by atoms with Gasteiger partial charge in [0.15, 0.2) is 6.61 Å². The monoisotopic (exact) mass is 438 g/mol. The van der Waals surface area contributed by atoms with Crippen LogP contribution in [0.3, 0.4) is 0 Å². The average Bonchev–Trinajstić information content (AvgIpc) is 2.71. The molecule has 0 N–H and O–H groups in total. The van der Waals surface area contributed by atoms with E-state index in [1.807, 2.05) is 0 Å². The Balaban J connectivity index is 1.68. The number of hydrogen-bond acceptors (Lipinski definition) is 5. The number of fused-ring (bicyclic) bond motifs is 5. The number of halogens is 1. The van der Waals surface area contributed by atoms with E-state index in [1.54, 1.807) is 17.0 Å². The first-order chi connectivity index (χ1) is 14.3. The maximum atomic E-state index is 14.6. The van der Waals surface area contributed by atoms with Crippen molar-refractivity contribution in [2.75, 3.05) is 26.0 Å². The topological polar surface area (TPSA) is 85.3 Å². The van der Waals surface area contributed by atoms with E-state index in [9.17, 15) is 17.6 Å². The van der Waals surface area contributed by atoms with Gasteiger partial charge in [-0.25, -0.2) is 12.8 Å². The lowest BCUT2D eigenvalue weighted by Crippen LogP contribution is -2.53. The van der Waals surface area contributed by atoms with Gasteiger partial charge in [-0.3, -0.25) is 4.79 Å². The zero-order chi connectivity index (χ0) is 21.3. The number of piperidine rings is 1. The van der Waals surface area contributed by atoms with Gasteiger partial charge in [0, 0.05) is 12.1 Å². The van der Waals surface area contributed by atoms with E-state index in [4.69, 9.17) is 9.47 Å². The molecule has 3 heterocycles. The maximum absolute atomic E-state index is 14.6. The first-order valence-corrected chi connectivity index (χ1v) is 12.3. The van der Waals surface area contributed by atoms with Crippen LogP contribution in [0.2, 0.25) is 0 Å². The number of ether oxygens (including phenoxy) is 2. The summed E-state index contributed by atoms with van der Waals surface area (Å²) in [6.45, 7) is 0.439. The zero-order valence-electron chi connectivity index (χ0n) is 17.0. The smallest absolute Gasteiger partial charge is 0.261 e. The second-order valence-corrected chi connectivity index (χ2v) is 9.92. The highest BCUT2D eigenvalue weighted by Gasteiger charge is 2.35. The Bertz CT molecular complexity index is 941. The van der Waals surface area contributed by atoms with Gasteiger partial charge in [0.25, 0.3) is 5.91 Å². The molecule has 2 bridgehead atoms. The van der Waals surface area contributed by atoms with Crippen molar-refractivity contribution in [3.05, 3.63) is 29.6 Å². The van der Waals surface area contributed by atoms with Gasteiger partial charge in [-0.1, -0.05) is 6.07 Å². The highest BCUT2D eigenvalue weighted by molar-refractivity contribution is 7.89. The fourth-order valence-electron chi connectivity index (χ4n) is 4.74. The van der Waals surface area contributed by atoms with Crippen LogP contribution in [0.4, 0.5) is 4.39 Å². The predicted octanol–water partition coefficient (Wildman–Crippen LogP) is 2.65. The van der Waals surface area contributed by atoms with Gasteiger partial charge in [0.05, 0.1) is 30.7 Å². The number of benzene rings is 1. The van der Waals surface area contributed by atoms with Crippen molar-refractivity contribution in [1.82, 2.24) is 4.90 Å². The lowest BCUT2D eigenvalue weighted by atomic mass is 9.82. The molecule has 30 heavy (non-hydrogen) atoms. The van der Waals surface area contributed by atoms with Crippen molar-refractivity contribution in [2.45, 2.75) is 56.6 Å². The van der Waals surface area contributed by atoms with Gasteiger partial charge in [0.1, 0.15) is 11.6 Å². The third kappa shape index (κ3) is 4.67. The largest absolute Gasteiger partial charge is 0.483 e. The van der Waals surface area contributed by atoms with Crippen molar-refractivity contribution >= 4 is 21.6 Å². The molecule has 5 rings (SSSR count). The van der Waals surface area contributed by atoms with Crippen LogP contribution >= 0.6 is 0 Å². The summed E-state index contributed by atoms with van der Waals surface area (Å²) in [4.78, 5) is 14.6. The van der Waals surface area contributed by atoms with Crippen LogP contribution in [-0.4, -0.2) is 63.1 Å². The third-order valence-electron chi connectivity index (χ3n) is 6.13. The average molecular weight is 439 g/mol. The Kier molecular flexibility index (Phi) is 6.11. The molecule has 0 aromatic heterocycles. The highest BCUT2D eigenvalue weighted by Crippen LogP contribution is 2.40. The Hall–Kier alpha value is -2.00. The SMILES string of the molecule is CS(=O)(=O)/N=C1\CCCN2C(=O)COc3cccc(F)c3C3CCC(CC3)OCC12. The molecule has 4 aliphatic rings. The fourth-order valence-corrected chi connectivity index (χ4v) is 5.38. The molecule has 1 aliphatic carbocycles. The highest BCUT2D eigenvalue weighted by atomic mass is 32.2. The molecule has 164 valence electrons. The standard InChI is InChI=1S/C21H27FN2O5S/c1-30(26,27)23-17-5-3-11-24-18(17)12-28-15-9-7-14(8-10-15)21-16(22)4-2-6-19(21)29-13-20(24)25/h2,4,6,14-15,18H,3,5,7-13H2,1H3/b23-17+. The summed E-state index contributed by atoms with van der Waals surface area (Å²) in [6.07, 6.45) is 5.27. The summed E-state index contributed by atoms with van der Waals surface area (Å²) < 4.78 is 54.0. The molecule has 2 fully saturated rings. The van der Waals surface area contributed by atoms with E-state index in [2.05, 4.69) is 4.40 Å². The lowest BCUT2D eigenvalue weighted by Gasteiger charge is -2.37. The molecule has 9 heteroatoms. The summed E-state index contributed by atoms with van der Waals surface area (Å²) in [5.41, 5.74) is 0.990. The van der Waals surface area contributed by atoms with Crippen LogP contribution in [0.5, 0.6) is 5.75 Å². The number of carbonyl (C=O) groups excluding carboxylic acids is 1. The van der Waals surface area contributed by atoms with Crippen molar-refractivity contribution in [2.24, 2.45) is 4.40 Å². The molecule has 1 atom stereocenters. The van der Waals surface area contributed by atoms with Crippen molar-refractivity contribution in [3.63, 3.8) is 0 Å². The van der Waals surface area contributed by atoms with Gasteiger partial charge in [-0.2, -0.15) is 4.40 Å². The fraction of sp³-hybridized carbons (Fsp3) is 0.619. The number of nitrogens with zero attached hydrogens (tertiary/aromatic N) is 2. The van der Waals surface area contributed by atoms with Crippen LogP contribution in [-0.2, 0) is 19.6 Å². The maximum Gasteiger partial charge on any atom is 0.261 e. The second-order valence-electron chi connectivity index (χ2n) is 8.27. The molecule has 1 aromatic rings. The molecular formula is C21H27FN2O5S. The van der Waals surface area contributed by atoms with Crippen molar-refractivity contribution in [1.29, 1.82) is 0 Å². The molecule has 1 saturated carbocycles. The molecule has 0 radical (unpaired) electrons. The van der Waals surface area contributed by atoms with E-state index in [0.717, 1.165) is 31.9 Å². The van der Waals surface area contributed by atoms with E-state index < -0.39 is 16.1 Å². The molecule has 3 aliphatic heterocycles. The summed E-state index contributed by atoms with van der Waals surface area (Å²) in [5.74, 6) is -0.156. The first-order valence-electron chi connectivity index (χ1n) is 10.4. The second kappa shape index (κ2) is 8.63. The minimum absolute atomic E-state index is 0.00323. The van der Waals surface area contributed by atoms with Gasteiger partial charge in [-0.15, -0.1) is 0 Å². The van der Waals surface area contributed by atoms with Gasteiger partial charge in [0.2, 0.25) is 10.0 Å². The Morgan fingerprint density at radius 2 is 1.97 bits per heavy atom. The number of carbonyl (C=O) groups is 1. The molecule has 1 saturated heterocycles. The molecule has 7 nitrogen and oxygen atoms in total. The number of hydrogen-bond donors (Lipinski definition) is 0. The zero-order valence-corrected chi connectivity index (χ0v) is 17.9. The molecular weight excluding hydrogens is 411 g/mol. The number of amides is 1. The molecule has 1 amide bonds. The van der Waals surface area contributed by atoms with Gasteiger partial charge >= 0.3 is 0 Å². The Morgan fingerprint density at radius 1 is 1.20 bits per heavy atom. The van der Waals surface area contributed by atoms with E-state index in [-0.39, 0.29) is 37.0 Å². The molecule has 0 spiro atoms. The Labute approximate surface area is 176 Å². The van der Waals surface area contributed by atoms with E-state index in [0.29, 0.717) is 36.4 Å². The van der Waals surface area contributed by atoms with Crippen LogP contribution in [0.1, 0.15) is 50.0 Å². The minimum atomic E-state index is -3.58. The van der Waals surface area contributed by atoms with Crippen LogP contribution < -0.4 is 4.74 Å². The normalized spacial score (nSPS) is 29.3. The van der Waals surface area contributed by atoms with Gasteiger partial charge < -0.3 is 14.4 Å². The van der Waals surface area contributed by atoms with Gasteiger partial charge in [-0.05, 0) is 56.6 Å². The summed E-state index contributed by atoms with van der Waals surface area (Å²) in [5, 5.41) is 0. The summed E-state index contributed by atoms with van der Waals surface area (Å²) in [6, 6.07) is 4.19. The number of sulfonamides is 1. The predicted molar refractivity (Wildman–Crippen MR) is 110 cm³/mol. The number of rotatable bonds is 1. The van der Waals surface area contributed by atoms with Crippen LogP contribution in [0.25, 0.3) is 0 Å². The summed E-state index contributed by atoms with van der Waals surface area (Å²) in [7, 11) is -3.58. The quantitative estimate of drug-likeness (QED) is 0.673. The van der Waals surface area contributed by atoms with Crippen molar-refractivity contribution in [3.8, 4) is 5.75 Å². The van der Waals surface area contributed by atoms with Crippen LogP contribution in [0, 0.1) is 5.82 Å². The molecule has 1 aromatic carbocycles. The van der Waals surface area contributed by atoms with E-state index >= 15 is 0 Å². The minimum Gasteiger partial charge on any atom is -0.483 e. The van der Waals surface area contributed by atoms with Crippen molar-refractivity contribution < 1.29 is 27.1 Å².